The van der Waals surface area contributed by atoms with Gasteiger partial charge < -0.3 is 0 Å². The maximum absolute atomic E-state index is 2.28. The summed E-state index contributed by atoms with van der Waals surface area (Å²) in [6, 6.07) is 0. The first kappa shape index (κ1) is 11.7. The second kappa shape index (κ2) is 7.35. The normalized spacial score (nSPS) is 13.9. The Bertz CT molecular complexity index is 81.6. The van der Waals surface area contributed by atoms with Crippen LogP contribution in [0.15, 0.2) is 0 Å². The lowest BCUT2D eigenvalue weighted by Gasteiger charge is -2.15. The van der Waals surface area contributed by atoms with Crippen LogP contribution in [0.5, 0.6) is 0 Å². The second-order valence-corrected chi connectivity index (χ2v) is 6.12. The molecule has 0 saturated heterocycles. The molecule has 0 aliphatic carbocycles. The molecule has 1 atom stereocenters. The molecule has 0 heterocycles. The minimum Gasteiger partial charge on any atom is -0.151 e. The van der Waals surface area contributed by atoms with Gasteiger partial charge in [0.05, 0.1) is 4.58 Å². The first-order valence-corrected chi connectivity index (χ1v) is 6.62. The molecule has 0 fully saturated rings. The average molecular weight is 192 g/mol. The molecule has 68 valence electrons. The molecule has 0 rings (SSSR count). The molecule has 0 aliphatic heterocycles. The van der Waals surface area contributed by atoms with Crippen LogP contribution in [0.3, 0.4) is 0 Å². The van der Waals surface area contributed by atoms with Gasteiger partial charge in [-0.3, -0.25) is 0 Å². The monoisotopic (exact) mass is 192 g/mol. The lowest BCUT2D eigenvalue weighted by atomic mass is 10.3. The minimum absolute atomic E-state index is 0.782. The summed E-state index contributed by atoms with van der Waals surface area (Å²) in [6.45, 7) is 6.82. The van der Waals surface area contributed by atoms with Gasteiger partial charge in [0, 0.05) is 5.25 Å². The van der Waals surface area contributed by atoms with Crippen LogP contribution in [0.1, 0.15) is 40.0 Å². The van der Waals surface area contributed by atoms with E-state index in [1.54, 1.807) is 0 Å². The molecular formula is C9H20S2. The van der Waals surface area contributed by atoms with Gasteiger partial charge in [0.25, 0.3) is 0 Å². The fourth-order valence-corrected chi connectivity index (χ4v) is 3.34. The van der Waals surface area contributed by atoms with Crippen molar-refractivity contribution in [3.05, 3.63) is 0 Å². The summed E-state index contributed by atoms with van der Waals surface area (Å²) >= 11 is 4.10. The van der Waals surface area contributed by atoms with Crippen molar-refractivity contribution in [1.82, 2.24) is 0 Å². The van der Waals surface area contributed by atoms with Crippen LogP contribution in [-0.4, -0.2) is 16.1 Å². The second-order valence-electron chi connectivity index (χ2n) is 2.99. The molecular weight excluding hydrogens is 172 g/mol. The summed E-state index contributed by atoms with van der Waals surface area (Å²) in [5, 5.41) is 0.782. The maximum Gasteiger partial charge on any atom is 0.0502 e. The van der Waals surface area contributed by atoms with E-state index in [0.717, 1.165) is 9.83 Å². The maximum atomic E-state index is 2.28. The Morgan fingerprint density at radius 3 is 2.27 bits per heavy atom. The van der Waals surface area contributed by atoms with Crippen LogP contribution < -0.4 is 0 Å². The number of thioether (sulfide) groups is 2. The number of unbranched alkanes of at least 4 members (excludes halogenated alkanes) is 1. The van der Waals surface area contributed by atoms with Gasteiger partial charge in [0.2, 0.25) is 0 Å². The highest BCUT2D eigenvalue weighted by atomic mass is 32.2. The third-order valence-corrected chi connectivity index (χ3v) is 4.24. The Labute approximate surface area is 79.9 Å². The molecule has 0 bridgehead atoms. The van der Waals surface area contributed by atoms with Crippen LogP contribution in [0.25, 0.3) is 0 Å². The first-order valence-electron chi connectivity index (χ1n) is 4.39. The van der Waals surface area contributed by atoms with Crippen LogP contribution >= 0.6 is 23.5 Å². The van der Waals surface area contributed by atoms with Crippen molar-refractivity contribution in [3.63, 3.8) is 0 Å². The van der Waals surface area contributed by atoms with Crippen molar-refractivity contribution < 1.29 is 0 Å². The van der Waals surface area contributed by atoms with E-state index >= 15 is 0 Å². The van der Waals surface area contributed by atoms with E-state index in [4.69, 9.17) is 0 Å². The fraction of sp³-hybridized carbons (Fsp3) is 1.00. The molecule has 0 saturated carbocycles. The van der Waals surface area contributed by atoms with E-state index in [1.165, 1.54) is 19.3 Å². The third-order valence-electron chi connectivity index (χ3n) is 1.48. The summed E-state index contributed by atoms with van der Waals surface area (Å²) in [4.78, 5) is 0. The quantitative estimate of drug-likeness (QED) is 0.583. The standard InChI is InChI=1S/C9H20S2/c1-5-6-7-9(10-4)11-8(2)3/h8-9H,5-7H2,1-4H3. The largest absolute Gasteiger partial charge is 0.151 e. The van der Waals surface area contributed by atoms with E-state index in [9.17, 15) is 0 Å². The average Bonchev–Trinajstić information content (AvgIpc) is 1.97. The van der Waals surface area contributed by atoms with Gasteiger partial charge >= 0.3 is 0 Å². The Kier molecular flexibility index (Phi) is 7.82. The Balaban J connectivity index is 3.41. The fourth-order valence-electron chi connectivity index (χ4n) is 0.916. The van der Waals surface area contributed by atoms with Crippen LogP contribution in [0.4, 0.5) is 0 Å². The Hall–Kier alpha value is 0.700. The molecule has 0 aromatic rings. The number of hydrogen-bond acceptors (Lipinski definition) is 2. The van der Waals surface area contributed by atoms with E-state index in [0.29, 0.717) is 0 Å². The molecule has 0 aliphatic rings. The predicted octanol–water partition coefficient (Wildman–Crippen LogP) is 4.01. The molecule has 0 radical (unpaired) electrons. The van der Waals surface area contributed by atoms with Crippen molar-refractivity contribution >= 4 is 23.5 Å². The van der Waals surface area contributed by atoms with Crippen molar-refractivity contribution in [2.45, 2.75) is 49.9 Å². The molecule has 0 aromatic carbocycles. The smallest absolute Gasteiger partial charge is 0.0502 e. The van der Waals surface area contributed by atoms with E-state index in [1.807, 2.05) is 11.8 Å². The Morgan fingerprint density at radius 2 is 1.91 bits per heavy atom. The summed E-state index contributed by atoms with van der Waals surface area (Å²) in [5.74, 6) is 0. The van der Waals surface area contributed by atoms with Crippen LogP contribution in [-0.2, 0) is 0 Å². The van der Waals surface area contributed by atoms with Crippen molar-refractivity contribution in [2.24, 2.45) is 0 Å². The molecule has 0 aromatic heterocycles. The molecule has 0 amide bonds. The third kappa shape index (κ3) is 7.07. The van der Waals surface area contributed by atoms with Gasteiger partial charge in [0.15, 0.2) is 0 Å². The van der Waals surface area contributed by atoms with E-state index in [-0.39, 0.29) is 0 Å². The molecule has 11 heavy (non-hydrogen) atoms. The zero-order chi connectivity index (χ0) is 8.69. The molecule has 0 N–H and O–H groups in total. The summed E-state index contributed by atoms with van der Waals surface area (Å²) in [5.41, 5.74) is 0. The molecule has 1 unspecified atom stereocenters. The van der Waals surface area contributed by atoms with Gasteiger partial charge in [-0.25, -0.2) is 0 Å². The highest BCUT2D eigenvalue weighted by Gasteiger charge is 2.08. The lowest BCUT2D eigenvalue weighted by Crippen LogP contribution is -2.01. The molecule has 2 heteroatoms. The van der Waals surface area contributed by atoms with Crippen LogP contribution in [0, 0.1) is 0 Å². The van der Waals surface area contributed by atoms with Gasteiger partial charge in [-0.05, 0) is 12.7 Å². The van der Waals surface area contributed by atoms with Gasteiger partial charge in [-0.15, -0.1) is 11.8 Å². The zero-order valence-electron chi connectivity index (χ0n) is 8.09. The summed E-state index contributed by atoms with van der Waals surface area (Å²) < 4.78 is 0.829. The Morgan fingerprint density at radius 1 is 1.27 bits per heavy atom. The SMILES string of the molecule is CCCCC(SC)SC(C)C. The van der Waals surface area contributed by atoms with Crippen molar-refractivity contribution in [3.8, 4) is 0 Å². The van der Waals surface area contributed by atoms with Gasteiger partial charge in [0.1, 0.15) is 0 Å². The molecule has 0 nitrogen and oxygen atoms in total. The van der Waals surface area contributed by atoms with E-state index in [2.05, 4.69) is 38.8 Å². The van der Waals surface area contributed by atoms with Crippen molar-refractivity contribution in [1.29, 1.82) is 0 Å². The minimum atomic E-state index is 0.782. The highest BCUT2D eigenvalue weighted by Crippen LogP contribution is 2.29. The van der Waals surface area contributed by atoms with Crippen molar-refractivity contribution in [2.75, 3.05) is 6.26 Å². The summed E-state index contributed by atoms with van der Waals surface area (Å²) in [7, 11) is 0. The predicted molar refractivity (Wildman–Crippen MR) is 59.6 cm³/mol. The van der Waals surface area contributed by atoms with Crippen LogP contribution in [0.2, 0.25) is 0 Å². The van der Waals surface area contributed by atoms with Gasteiger partial charge in [-0.1, -0.05) is 33.6 Å². The summed E-state index contributed by atoms with van der Waals surface area (Å²) in [6.07, 6.45) is 6.30. The zero-order valence-corrected chi connectivity index (χ0v) is 9.73. The first-order chi connectivity index (χ1) is 5.20. The van der Waals surface area contributed by atoms with Gasteiger partial charge in [-0.2, -0.15) is 11.8 Å². The van der Waals surface area contributed by atoms with E-state index < -0.39 is 0 Å². The number of hydrogen-bond donors (Lipinski definition) is 0. The highest BCUT2D eigenvalue weighted by molar-refractivity contribution is 8.16. The topological polar surface area (TPSA) is 0 Å². The lowest BCUT2D eigenvalue weighted by molar-refractivity contribution is 0.762. The number of rotatable bonds is 6. The molecule has 0 spiro atoms.